The van der Waals surface area contributed by atoms with Gasteiger partial charge in [0.2, 0.25) is 0 Å². The van der Waals surface area contributed by atoms with Crippen molar-refractivity contribution in [3.05, 3.63) is 133 Å². The summed E-state index contributed by atoms with van der Waals surface area (Å²) in [7, 11) is 0. The molecule has 0 aliphatic heterocycles. The molecule has 1 N–H and O–H groups in total. The van der Waals surface area contributed by atoms with E-state index in [0.717, 1.165) is 40.2 Å². The number of esters is 1. The van der Waals surface area contributed by atoms with Gasteiger partial charge in [0, 0.05) is 23.1 Å². The minimum atomic E-state index is -1.00. The second-order valence-corrected chi connectivity index (χ2v) is 8.54. The van der Waals surface area contributed by atoms with Gasteiger partial charge in [-0.25, -0.2) is 4.79 Å². The van der Waals surface area contributed by atoms with Crippen LogP contribution in [-0.2, 0) is 16.1 Å². The van der Waals surface area contributed by atoms with Gasteiger partial charge in [-0.05, 0) is 90.9 Å². The highest BCUT2D eigenvalue weighted by atomic mass is 16.6. The van der Waals surface area contributed by atoms with E-state index in [0.29, 0.717) is 11.3 Å². The molecule has 0 spiro atoms. The summed E-state index contributed by atoms with van der Waals surface area (Å²) < 4.78 is 16.6. The highest BCUT2D eigenvalue weighted by Crippen LogP contribution is 2.36. The topological polar surface area (TPSA) is 68.2 Å². The minimum Gasteiger partial charge on any atom is -0.457 e. The Morgan fingerprint density at radius 3 is 1.84 bits per heavy atom. The lowest BCUT2D eigenvalue weighted by Crippen LogP contribution is -2.13. The van der Waals surface area contributed by atoms with E-state index < -0.39 is 12.3 Å². The molecule has 0 heterocycles. The first-order valence-corrected chi connectivity index (χ1v) is 12.0. The van der Waals surface area contributed by atoms with E-state index in [9.17, 15) is 9.90 Å². The molecule has 0 aliphatic carbocycles. The highest BCUT2D eigenvalue weighted by molar-refractivity contribution is 5.83. The second kappa shape index (κ2) is 12.5. The Hall–Kier alpha value is -4.65. The number of carbonyl (C=O) groups is 1. The molecule has 38 heavy (non-hydrogen) atoms. The summed E-state index contributed by atoms with van der Waals surface area (Å²) in [5.41, 5.74) is 4.13. The molecule has 0 amide bonds. The van der Waals surface area contributed by atoms with Gasteiger partial charge < -0.3 is 24.2 Å². The van der Waals surface area contributed by atoms with Crippen molar-refractivity contribution >= 4 is 23.0 Å². The van der Waals surface area contributed by atoms with Crippen LogP contribution in [0.4, 0.5) is 17.1 Å². The lowest BCUT2D eigenvalue weighted by Gasteiger charge is -2.26. The maximum atomic E-state index is 11.6. The predicted molar refractivity (Wildman–Crippen MR) is 149 cm³/mol. The molecule has 4 aromatic rings. The van der Waals surface area contributed by atoms with Gasteiger partial charge in [0.15, 0.2) is 6.29 Å². The molecule has 0 aromatic heterocycles. The van der Waals surface area contributed by atoms with Crippen LogP contribution in [0.5, 0.6) is 17.2 Å². The molecule has 0 saturated heterocycles. The van der Waals surface area contributed by atoms with Gasteiger partial charge in [-0.15, -0.1) is 0 Å². The largest absolute Gasteiger partial charge is 0.457 e. The van der Waals surface area contributed by atoms with E-state index in [1.807, 2.05) is 91.0 Å². The number of anilines is 3. The highest BCUT2D eigenvalue weighted by Gasteiger charge is 2.14. The Kier molecular flexibility index (Phi) is 8.72. The van der Waals surface area contributed by atoms with E-state index >= 15 is 0 Å². The first kappa shape index (κ1) is 26.4. The molecule has 0 saturated carbocycles. The molecule has 6 heteroatoms. The third-order valence-electron chi connectivity index (χ3n) is 5.58. The molecule has 192 valence electrons. The molecule has 1 atom stereocenters. The van der Waals surface area contributed by atoms with E-state index in [4.69, 9.17) is 14.2 Å². The monoisotopic (exact) mass is 507 g/mol. The summed E-state index contributed by atoms with van der Waals surface area (Å²) >= 11 is 0. The zero-order valence-corrected chi connectivity index (χ0v) is 21.1. The predicted octanol–water partition coefficient (Wildman–Crippen LogP) is 7.45. The third kappa shape index (κ3) is 6.97. The second-order valence-electron chi connectivity index (χ2n) is 8.54. The average Bonchev–Trinajstić information content (AvgIpc) is 2.95. The maximum Gasteiger partial charge on any atom is 0.335 e. The number of benzene rings is 4. The summed E-state index contributed by atoms with van der Waals surface area (Å²) in [6.45, 7) is 9.11. The number of hydrogen-bond donors (Lipinski definition) is 1. The quantitative estimate of drug-likeness (QED) is 0.0748. The zero-order valence-electron chi connectivity index (χ0n) is 21.1. The SMILES string of the molecule is C=CC(=O)Oc1ccc(N(c2ccc(COC(O)C(=C)C)cc2)c2ccc(Oc3ccccc3)cc2)cc1. The zero-order chi connectivity index (χ0) is 26.9. The van der Waals surface area contributed by atoms with Crippen molar-refractivity contribution in [2.45, 2.75) is 19.8 Å². The third-order valence-corrected chi connectivity index (χ3v) is 5.58. The summed E-state index contributed by atoms with van der Waals surface area (Å²) in [5.74, 6) is 1.39. The van der Waals surface area contributed by atoms with Crippen molar-refractivity contribution in [1.29, 1.82) is 0 Å². The van der Waals surface area contributed by atoms with Gasteiger partial charge in [0.25, 0.3) is 0 Å². The number of aliphatic hydroxyl groups excluding tert-OH is 1. The van der Waals surface area contributed by atoms with Crippen LogP contribution in [0.1, 0.15) is 12.5 Å². The van der Waals surface area contributed by atoms with Crippen LogP contribution in [0, 0.1) is 0 Å². The van der Waals surface area contributed by atoms with Crippen molar-refractivity contribution < 1.29 is 24.1 Å². The molecular weight excluding hydrogens is 478 g/mol. The Labute approximate surface area is 222 Å². The van der Waals surface area contributed by atoms with Gasteiger partial charge >= 0.3 is 5.97 Å². The first-order valence-electron chi connectivity index (χ1n) is 12.0. The van der Waals surface area contributed by atoms with Gasteiger partial charge in [0.1, 0.15) is 17.2 Å². The van der Waals surface area contributed by atoms with Crippen LogP contribution in [0.15, 0.2) is 128 Å². The van der Waals surface area contributed by atoms with Crippen LogP contribution < -0.4 is 14.4 Å². The fourth-order valence-electron chi connectivity index (χ4n) is 3.61. The van der Waals surface area contributed by atoms with Crippen molar-refractivity contribution in [3.63, 3.8) is 0 Å². The Morgan fingerprint density at radius 1 is 0.816 bits per heavy atom. The number of rotatable bonds is 11. The maximum absolute atomic E-state index is 11.6. The number of nitrogens with zero attached hydrogens (tertiary/aromatic N) is 1. The minimum absolute atomic E-state index is 0.253. The summed E-state index contributed by atoms with van der Waals surface area (Å²) in [6, 6.07) is 32.4. The van der Waals surface area contributed by atoms with Crippen molar-refractivity contribution in [2.24, 2.45) is 0 Å². The van der Waals surface area contributed by atoms with E-state index in [1.54, 1.807) is 19.1 Å². The molecule has 0 fully saturated rings. The molecular formula is C32H29NO5. The lowest BCUT2D eigenvalue weighted by atomic mass is 10.1. The van der Waals surface area contributed by atoms with Gasteiger partial charge in [-0.1, -0.05) is 43.5 Å². The van der Waals surface area contributed by atoms with Crippen molar-refractivity contribution in [3.8, 4) is 17.2 Å². The Morgan fingerprint density at radius 2 is 1.32 bits per heavy atom. The van der Waals surface area contributed by atoms with Crippen LogP contribution in [0.2, 0.25) is 0 Å². The summed E-state index contributed by atoms with van der Waals surface area (Å²) in [5, 5.41) is 9.86. The standard InChI is InChI=1S/C32H29NO5/c1-4-31(34)38-30-20-16-27(17-21-30)33(25-12-10-24(11-13-25)22-36-32(35)23(2)3)26-14-18-29(19-15-26)37-28-8-6-5-7-9-28/h4-21,32,35H,1-2,22H2,3H3. The van der Waals surface area contributed by atoms with E-state index in [1.165, 1.54) is 0 Å². The number of carbonyl (C=O) groups excluding carboxylic acids is 1. The Bertz CT molecular complexity index is 1360. The van der Waals surface area contributed by atoms with Crippen LogP contribution >= 0.6 is 0 Å². The van der Waals surface area contributed by atoms with Crippen LogP contribution in [0.25, 0.3) is 0 Å². The van der Waals surface area contributed by atoms with Crippen molar-refractivity contribution in [1.82, 2.24) is 0 Å². The van der Waals surface area contributed by atoms with E-state index in [2.05, 4.69) is 18.1 Å². The van der Waals surface area contributed by atoms with Gasteiger partial charge in [0.05, 0.1) is 6.61 Å². The number of hydrogen-bond acceptors (Lipinski definition) is 6. The molecule has 1 unspecified atom stereocenters. The smallest absolute Gasteiger partial charge is 0.335 e. The average molecular weight is 508 g/mol. The Balaban J connectivity index is 1.61. The van der Waals surface area contributed by atoms with Crippen LogP contribution in [0.3, 0.4) is 0 Å². The number of ether oxygens (including phenoxy) is 3. The lowest BCUT2D eigenvalue weighted by molar-refractivity contribution is -0.128. The number of aliphatic hydroxyl groups is 1. The molecule has 0 aliphatic rings. The first-order chi connectivity index (χ1) is 18.4. The molecule has 6 nitrogen and oxygen atoms in total. The fraction of sp³-hybridized carbons (Fsp3) is 0.0938. The van der Waals surface area contributed by atoms with Gasteiger partial charge in [-0.2, -0.15) is 0 Å². The fourth-order valence-corrected chi connectivity index (χ4v) is 3.61. The normalized spacial score (nSPS) is 11.3. The summed E-state index contributed by atoms with van der Waals surface area (Å²) in [4.78, 5) is 13.6. The summed E-state index contributed by atoms with van der Waals surface area (Å²) in [6.07, 6.45) is 0.122. The molecule has 4 aromatic carbocycles. The van der Waals surface area contributed by atoms with Crippen LogP contribution in [-0.4, -0.2) is 17.4 Å². The van der Waals surface area contributed by atoms with Crippen molar-refractivity contribution in [2.75, 3.05) is 4.90 Å². The molecule has 4 rings (SSSR count). The molecule has 0 radical (unpaired) electrons. The van der Waals surface area contributed by atoms with E-state index in [-0.39, 0.29) is 6.61 Å². The molecule has 0 bridgehead atoms. The van der Waals surface area contributed by atoms with Gasteiger partial charge in [-0.3, -0.25) is 0 Å². The number of para-hydroxylation sites is 1.